The number of anilines is 2. The third-order valence-electron chi connectivity index (χ3n) is 2.91. The molecule has 1 aromatic rings. The molecule has 0 aromatic heterocycles. The van der Waals surface area contributed by atoms with Crippen LogP contribution in [0, 0.1) is 5.82 Å². The van der Waals surface area contributed by atoms with Crippen LogP contribution in [0.15, 0.2) is 18.2 Å². The molecule has 0 aliphatic rings. The first-order chi connectivity index (χ1) is 7.12. The van der Waals surface area contributed by atoms with E-state index in [4.69, 9.17) is 5.73 Å². The van der Waals surface area contributed by atoms with Gasteiger partial charge >= 0.3 is 0 Å². The van der Waals surface area contributed by atoms with Gasteiger partial charge in [0, 0.05) is 11.4 Å². The second-order valence-corrected chi connectivity index (χ2v) is 5.08. The summed E-state index contributed by atoms with van der Waals surface area (Å²) < 4.78 is 13.1. The van der Waals surface area contributed by atoms with Gasteiger partial charge in [0.25, 0.3) is 0 Å². The third kappa shape index (κ3) is 2.85. The van der Waals surface area contributed by atoms with E-state index in [0.717, 1.165) is 0 Å². The summed E-state index contributed by atoms with van der Waals surface area (Å²) in [6.45, 7) is 7.08. The molecule has 0 bridgehead atoms. The fraction of sp³-hybridized carbons (Fsp3) is 0.500. The molecule has 0 aliphatic heterocycles. The summed E-state index contributed by atoms with van der Waals surface area (Å²) in [7, 11) is 0. The highest BCUT2D eigenvalue weighted by atomic mass is 19.1. The summed E-state index contributed by atoms with van der Waals surface area (Å²) in [5.41, 5.74) is 4.93. The number of benzene rings is 1. The number of nitrogen functional groups attached to an aromatic ring is 1. The molecular weight excluding hydrogens is 207 g/mol. The highest BCUT2D eigenvalue weighted by Gasteiger charge is 2.34. The van der Waals surface area contributed by atoms with E-state index in [1.165, 1.54) is 12.1 Å². The number of nitrogens with two attached hydrogens (primary N) is 1. The van der Waals surface area contributed by atoms with Gasteiger partial charge in [0.2, 0.25) is 0 Å². The van der Waals surface area contributed by atoms with E-state index < -0.39 is 17.0 Å². The summed E-state index contributed by atoms with van der Waals surface area (Å²) in [4.78, 5) is 0. The number of hydrogen-bond acceptors (Lipinski definition) is 3. The maximum absolute atomic E-state index is 13.1. The van der Waals surface area contributed by atoms with Gasteiger partial charge in [-0.3, -0.25) is 0 Å². The average molecular weight is 226 g/mol. The quantitative estimate of drug-likeness (QED) is 0.693. The van der Waals surface area contributed by atoms with Gasteiger partial charge in [-0.25, -0.2) is 4.39 Å². The summed E-state index contributed by atoms with van der Waals surface area (Å²) in [5, 5.41) is 13.0. The highest BCUT2D eigenvalue weighted by Crippen LogP contribution is 2.27. The lowest BCUT2D eigenvalue weighted by Crippen LogP contribution is -2.51. The first-order valence-electron chi connectivity index (χ1n) is 5.18. The molecule has 16 heavy (non-hydrogen) atoms. The van der Waals surface area contributed by atoms with E-state index in [-0.39, 0.29) is 0 Å². The molecule has 4 heteroatoms. The van der Waals surface area contributed by atoms with Crippen LogP contribution < -0.4 is 11.1 Å². The van der Waals surface area contributed by atoms with Crippen molar-refractivity contribution in [2.24, 2.45) is 0 Å². The summed E-state index contributed by atoms with van der Waals surface area (Å²) >= 11 is 0. The molecule has 0 amide bonds. The van der Waals surface area contributed by atoms with Crippen LogP contribution in [0.2, 0.25) is 0 Å². The molecule has 0 radical (unpaired) electrons. The van der Waals surface area contributed by atoms with Crippen LogP contribution in [0.25, 0.3) is 0 Å². The number of hydrogen-bond donors (Lipinski definition) is 3. The highest BCUT2D eigenvalue weighted by molar-refractivity contribution is 5.56. The lowest BCUT2D eigenvalue weighted by molar-refractivity contribution is 0.0240. The van der Waals surface area contributed by atoms with E-state index in [2.05, 4.69) is 5.32 Å². The fourth-order valence-corrected chi connectivity index (χ4v) is 1.20. The van der Waals surface area contributed by atoms with E-state index in [1.807, 2.05) is 13.8 Å². The van der Waals surface area contributed by atoms with Gasteiger partial charge in [0.05, 0.1) is 11.1 Å². The molecule has 0 fully saturated rings. The average Bonchev–Trinajstić information content (AvgIpc) is 1.97. The van der Waals surface area contributed by atoms with Gasteiger partial charge in [-0.1, -0.05) is 0 Å². The van der Waals surface area contributed by atoms with E-state index >= 15 is 0 Å². The van der Waals surface area contributed by atoms with Crippen molar-refractivity contribution in [3.05, 3.63) is 24.0 Å². The predicted molar refractivity (Wildman–Crippen MR) is 64.8 cm³/mol. The Morgan fingerprint density at radius 2 is 1.75 bits per heavy atom. The van der Waals surface area contributed by atoms with Crippen LogP contribution in [0.3, 0.4) is 0 Å². The van der Waals surface area contributed by atoms with Crippen molar-refractivity contribution in [2.75, 3.05) is 11.1 Å². The van der Waals surface area contributed by atoms with E-state index in [0.29, 0.717) is 11.4 Å². The van der Waals surface area contributed by atoms with E-state index in [1.54, 1.807) is 19.9 Å². The van der Waals surface area contributed by atoms with Crippen LogP contribution in [0.5, 0.6) is 0 Å². The Hall–Kier alpha value is -1.29. The van der Waals surface area contributed by atoms with Crippen molar-refractivity contribution in [1.29, 1.82) is 0 Å². The van der Waals surface area contributed by atoms with Crippen LogP contribution in [0.4, 0.5) is 15.8 Å². The maximum Gasteiger partial charge on any atom is 0.127 e. The second-order valence-electron chi connectivity index (χ2n) is 5.08. The summed E-state index contributed by atoms with van der Waals surface area (Å²) in [6.07, 6.45) is 0. The fourth-order valence-electron chi connectivity index (χ4n) is 1.20. The Morgan fingerprint density at radius 1 is 1.19 bits per heavy atom. The lowest BCUT2D eigenvalue weighted by atomic mass is 9.86. The van der Waals surface area contributed by atoms with Crippen molar-refractivity contribution < 1.29 is 9.50 Å². The van der Waals surface area contributed by atoms with Gasteiger partial charge in [0.1, 0.15) is 5.82 Å². The molecule has 0 atom stereocenters. The zero-order valence-electron chi connectivity index (χ0n) is 10.1. The van der Waals surface area contributed by atoms with Gasteiger partial charge in [-0.15, -0.1) is 0 Å². The molecule has 1 aromatic carbocycles. The van der Waals surface area contributed by atoms with Crippen LogP contribution in [0.1, 0.15) is 27.7 Å². The van der Waals surface area contributed by atoms with Gasteiger partial charge in [-0.05, 0) is 45.9 Å². The minimum atomic E-state index is -0.936. The van der Waals surface area contributed by atoms with Crippen molar-refractivity contribution >= 4 is 11.4 Å². The number of aliphatic hydroxyl groups is 1. The van der Waals surface area contributed by atoms with Crippen LogP contribution in [-0.4, -0.2) is 16.2 Å². The normalized spacial score (nSPS) is 12.6. The number of halogens is 1. The van der Waals surface area contributed by atoms with Crippen LogP contribution in [-0.2, 0) is 0 Å². The Morgan fingerprint density at radius 3 is 2.19 bits per heavy atom. The standard InChI is InChI=1S/C12H19FN2O/c1-11(2,12(3,4)16)15-10-6-8(13)5-9(14)7-10/h5-7,15-16H,14H2,1-4H3. The Balaban J connectivity index is 2.96. The molecule has 0 saturated heterocycles. The first kappa shape index (κ1) is 12.8. The Kier molecular flexibility index (Phi) is 3.15. The summed E-state index contributed by atoms with van der Waals surface area (Å²) in [6, 6.07) is 4.24. The smallest absolute Gasteiger partial charge is 0.127 e. The van der Waals surface area contributed by atoms with Crippen molar-refractivity contribution in [1.82, 2.24) is 0 Å². The third-order valence-corrected chi connectivity index (χ3v) is 2.91. The zero-order chi connectivity index (χ0) is 12.6. The van der Waals surface area contributed by atoms with Gasteiger partial charge < -0.3 is 16.2 Å². The molecule has 3 nitrogen and oxygen atoms in total. The number of rotatable bonds is 3. The predicted octanol–water partition coefficient (Wildman–Crippen LogP) is 2.37. The molecular formula is C12H19FN2O. The van der Waals surface area contributed by atoms with E-state index in [9.17, 15) is 9.50 Å². The van der Waals surface area contributed by atoms with Gasteiger partial charge in [0.15, 0.2) is 0 Å². The monoisotopic (exact) mass is 226 g/mol. The molecule has 1 rings (SSSR count). The minimum absolute atomic E-state index is 0.356. The number of nitrogens with one attached hydrogen (secondary N) is 1. The molecule has 0 aliphatic carbocycles. The molecule has 4 N–H and O–H groups in total. The maximum atomic E-state index is 13.1. The SMILES string of the molecule is CC(C)(O)C(C)(C)Nc1cc(N)cc(F)c1. The Labute approximate surface area is 95.5 Å². The Bertz CT molecular complexity index is 363. The topological polar surface area (TPSA) is 58.3 Å². The second kappa shape index (κ2) is 3.94. The van der Waals surface area contributed by atoms with Crippen LogP contribution >= 0.6 is 0 Å². The molecule has 0 unspecified atom stereocenters. The van der Waals surface area contributed by atoms with Gasteiger partial charge in [-0.2, -0.15) is 0 Å². The largest absolute Gasteiger partial charge is 0.399 e. The minimum Gasteiger partial charge on any atom is -0.399 e. The molecule has 0 heterocycles. The van der Waals surface area contributed by atoms with Crippen molar-refractivity contribution in [3.8, 4) is 0 Å². The first-order valence-corrected chi connectivity index (χ1v) is 5.18. The zero-order valence-corrected chi connectivity index (χ0v) is 10.1. The summed E-state index contributed by atoms with van der Waals surface area (Å²) in [5.74, 6) is -0.394. The lowest BCUT2D eigenvalue weighted by Gasteiger charge is -2.39. The molecule has 0 spiro atoms. The molecule has 0 saturated carbocycles. The van der Waals surface area contributed by atoms with Crippen molar-refractivity contribution in [2.45, 2.75) is 38.8 Å². The van der Waals surface area contributed by atoms with Crippen molar-refractivity contribution in [3.63, 3.8) is 0 Å². The molecule has 90 valence electrons.